The van der Waals surface area contributed by atoms with Gasteiger partial charge >= 0.3 is 5.97 Å². The Morgan fingerprint density at radius 2 is 2.11 bits per heavy atom. The van der Waals surface area contributed by atoms with Crippen molar-refractivity contribution < 1.29 is 23.3 Å². The van der Waals surface area contributed by atoms with Crippen LogP contribution in [0.3, 0.4) is 0 Å². The minimum atomic E-state index is -1.76. The van der Waals surface area contributed by atoms with E-state index >= 15 is 0 Å². The maximum Gasteiger partial charge on any atom is 0.319 e. The summed E-state index contributed by atoms with van der Waals surface area (Å²) in [6.07, 6.45) is 1.48. The summed E-state index contributed by atoms with van der Waals surface area (Å²) in [6, 6.07) is 3.39. The second-order valence-electron chi connectivity index (χ2n) is 3.75. The monoisotopic (exact) mass is 273 g/mol. The third kappa shape index (κ3) is 3.69. The maximum atomic E-state index is 11.7. The first-order valence-electron chi connectivity index (χ1n) is 5.35. The molecule has 0 saturated carbocycles. The molecule has 0 aliphatic carbocycles. The molecule has 6 nitrogen and oxygen atoms in total. The minimum Gasteiger partial charge on any atom is -0.480 e. The number of carboxylic acids is 1. The quantitative estimate of drug-likeness (QED) is 0.787. The summed E-state index contributed by atoms with van der Waals surface area (Å²) in [4.78, 5) is 22.3. The zero-order valence-electron chi connectivity index (χ0n) is 10.1. The highest BCUT2D eigenvalue weighted by molar-refractivity contribution is 7.87. The van der Waals surface area contributed by atoms with Crippen molar-refractivity contribution >= 4 is 22.7 Å². The van der Waals surface area contributed by atoms with Crippen molar-refractivity contribution in [3.8, 4) is 0 Å². The first kappa shape index (κ1) is 14.4. The first-order valence-corrected chi connectivity index (χ1v) is 6.63. The van der Waals surface area contributed by atoms with Crippen LogP contribution in [0.1, 0.15) is 19.6 Å². The fraction of sp³-hybridized carbons (Fsp3) is 0.455. The SMILES string of the molecule is CC(C(=O)O)S(=O)C(C)C(=O)NCc1ccco1. The van der Waals surface area contributed by atoms with E-state index in [1.165, 1.54) is 20.1 Å². The summed E-state index contributed by atoms with van der Waals surface area (Å²) >= 11 is 0. The van der Waals surface area contributed by atoms with E-state index in [4.69, 9.17) is 9.52 Å². The molecule has 2 N–H and O–H groups in total. The molecule has 0 bridgehead atoms. The van der Waals surface area contributed by atoms with Crippen molar-refractivity contribution in [2.45, 2.75) is 30.9 Å². The normalized spacial score (nSPS) is 15.7. The fourth-order valence-electron chi connectivity index (χ4n) is 1.24. The highest BCUT2D eigenvalue weighted by Crippen LogP contribution is 2.06. The van der Waals surface area contributed by atoms with Crippen LogP contribution in [0.15, 0.2) is 22.8 Å². The number of rotatable bonds is 6. The van der Waals surface area contributed by atoms with Crippen LogP contribution in [0.5, 0.6) is 0 Å². The Balaban J connectivity index is 2.51. The molecule has 0 fully saturated rings. The molecule has 3 unspecified atom stereocenters. The fourth-order valence-corrected chi connectivity index (χ4v) is 2.35. The van der Waals surface area contributed by atoms with Crippen LogP contribution in [-0.2, 0) is 26.9 Å². The van der Waals surface area contributed by atoms with Gasteiger partial charge in [-0.25, -0.2) is 0 Å². The van der Waals surface area contributed by atoms with Crippen molar-refractivity contribution in [1.29, 1.82) is 0 Å². The lowest BCUT2D eigenvalue weighted by Gasteiger charge is -2.13. The van der Waals surface area contributed by atoms with Gasteiger partial charge in [-0.15, -0.1) is 0 Å². The number of nitrogens with one attached hydrogen (secondary N) is 1. The third-order valence-electron chi connectivity index (χ3n) is 2.43. The molecule has 1 heterocycles. The predicted octanol–water partition coefficient (Wildman–Crippen LogP) is 0.506. The average molecular weight is 273 g/mol. The molecule has 7 heteroatoms. The van der Waals surface area contributed by atoms with Gasteiger partial charge in [-0.2, -0.15) is 0 Å². The Labute approximate surface area is 107 Å². The summed E-state index contributed by atoms with van der Waals surface area (Å²) in [5.41, 5.74) is 0. The van der Waals surface area contributed by atoms with E-state index in [2.05, 4.69) is 5.32 Å². The van der Waals surface area contributed by atoms with Gasteiger partial charge in [0.1, 0.15) is 16.3 Å². The summed E-state index contributed by atoms with van der Waals surface area (Å²) in [5, 5.41) is 9.31. The van der Waals surface area contributed by atoms with Crippen LogP contribution in [0, 0.1) is 0 Å². The molecule has 100 valence electrons. The number of hydrogen-bond donors (Lipinski definition) is 2. The average Bonchev–Trinajstić information content (AvgIpc) is 2.86. The van der Waals surface area contributed by atoms with E-state index in [0.29, 0.717) is 5.76 Å². The van der Waals surface area contributed by atoms with Gasteiger partial charge in [0.25, 0.3) is 0 Å². The number of carbonyl (C=O) groups excluding carboxylic acids is 1. The lowest BCUT2D eigenvalue weighted by Crippen LogP contribution is -2.39. The van der Waals surface area contributed by atoms with Crippen LogP contribution in [0.2, 0.25) is 0 Å². The molecule has 18 heavy (non-hydrogen) atoms. The third-order valence-corrected chi connectivity index (χ3v) is 4.24. The van der Waals surface area contributed by atoms with Gasteiger partial charge in [0, 0.05) is 10.8 Å². The van der Waals surface area contributed by atoms with E-state index in [9.17, 15) is 13.8 Å². The van der Waals surface area contributed by atoms with Gasteiger partial charge in [-0.05, 0) is 26.0 Å². The van der Waals surface area contributed by atoms with Crippen molar-refractivity contribution in [2.24, 2.45) is 0 Å². The molecule has 0 aliphatic rings. The molecule has 1 aromatic heterocycles. The summed E-state index contributed by atoms with van der Waals surface area (Å²) < 4.78 is 16.8. The Bertz CT molecular complexity index is 442. The van der Waals surface area contributed by atoms with Gasteiger partial charge in [-0.1, -0.05) is 0 Å². The topological polar surface area (TPSA) is 96.6 Å². The summed E-state index contributed by atoms with van der Waals surface area (Å²) in [5.74, 6) is -1.07. The number of amides is 1. The van der Waals surface area contributed by atoms with Crippen LogP contribution in [0.4, 0.5) is 0 Å². The second kappa shape index (κ2) is 6.34. The highest BCUT2D eigenvalue weighted by Gasteiger charge is 2.28. The van der Waals surface area contributed by atoms with E-state index in [-0.39, 0.29) is 6.54 Å². The maximum absolute atomic E-state index is 11.7. The molecule has 0 radical (unpaired) electrons. The van der Waals surface area contributed by atoms with Crippen molar-refractivity contribution in [3.05, 3.63) is 24.2 Å². The Morgan fingerprint density at radius 3 is 2.61 bits per heavy atom. The number of furan rings is 1. The molecule has 0 saturated heterocycles. The molecule has 1 aromatic rings. The lowest BCUT2D eigenvalue weighted by atomic mass is 10.4. The van der Waals surface area contributed by atoms with Gasteiger partial charge in [0.2, 0.25) is 5.91 Å². The van der Waals surface area contributed by atoms with Gasteiger partial charge in [-0.3, -0.25) is 13.8 Å². The Kier molecular flexibility index (Phi) is 5.08. The predicted molar refractivity (Wildman–Crippen MR) is 65.3 cm³/mol. The zero-order chi connectivity index (χ0) is 13.7. The second-order valence-corrected chi connectivity index (χ2v) is 5.82. The molecule has 0 aliphatic heterocycles. The molecule has 0 aromatic carbocycles. The number of aliphatic carboxylic acids is 1. The van der Waals surface area contributed by atoms with Crippen molar-refractivity contribution in [3.63, 3.8) is 0 Å². The van der Waals surface area contributed by atoms with Crippen LogP contribution >= 0.6 is 0 Å². The largest absolute Gasteiger partial charge is 0.480 e. The molecule has 0 spiro atoms. The Morgan fingerprint density at radius 1 is 1.44 bits per heavy atom. The lowest BCUT2D eigenvalue weighted by molar-refractivity contribution is -0.136. The molecular formula is C11H15NO5S. The van der Waals surface area contributed by atoms with E-state index in [1.807, 2.05) is 0 Å². The van der Waals surface area contributed by atoms with E-state index in [1.54, 1.807) is 12.1 Å². The van der Waals surface area contributed by atoms with Crippen LogP contribution in [-0.4, -0.2) is 31.7 Å². The van der Waals surface area contributed by atoms with Gasteiger partial charge < -0.3 is 14.8 Å². The number of hydrogen-bond acceptors (Lipinski definition) is 4. The van der Waals surface area contributed by atoms with Gasteiger partial charge in [0.05, 0.1) is 12.8 Å². The Hall–Kier alpha value is -1.63. The van der Waals surface area contributed by atoms with E-state index < -0.39 is 33.2 Å². The van der Waals surface area contributed by atoms with Crippen molar-refractivity contribution in [2.75, 3.05) is 0 Å². The smallest absolute Gasteiger partial charge is 0.319 e. The number of carboxylic acid groups (broad SMARTS) is 1. The van der Waals surface area contributed by atoms with Crippen LogP contribution in [0.25, 0.3) is 0 Å². The highest BCUT2D eigenvalue weighted by atomic mass is 32.2. The summed E-state index contributed by atoms with van der Waals surface area (Å²) in [7, 11) is -1.76. The standard InChI is InChI=1S/C11H15NO5S/c1-7(18(16)8(2)11(14)15)10(13)12-6-9-4-3-5-17-9/h3-5,7-8H,6H2,1-2H3,(H,12,13)(H,14,15). The molecule has 1 amide bonds. The molecule has 1 rings (SSSR count). The molecule has 3 atom stereocenters. The van der Waals surface area contributed by atoms with Crippen LogP contribution < -0.4 is 5.32 Å². The zero-order valence-corrected chi connectivity index (χ0v) is 10.9. The van der Waals surface area contributed by atoms with Crippen molar-refractivity contribution in [1.82, 2.24) is 5.32 Å². The van der Waals surface area contributed by atoms with E-state index in [0.717, 1.165) is 0 Å². The molecular weight excluding hydrogens is 258 g/mol. The minimum absolute atomic E-state index is 0.189. The van der Waals surface area contributed by atoms with Gasteiger partial charge in [0.15, 0.2) is 0 Å². The first-order chi connectivity index (χ1) is 8.43. The summed E-state index contributed by atoms with van der Waals surface area (Å²) in [6.45, 7) is 2.94. The number of carbonyl (C=O) groups is 2.